The van der Waals surface area contributed by atoms with Gasteiger partial charge in [0, 0.05) is 20.2 Å². The van der Waals surface area contributed by atoms with Gasteiger partial charge in [-0.2, -0.15) is 0 Å². The molecule has 0 heterocycles. The summed E-state index contributed by atoms with van der Waals surface area (Å²) in [5, 5.41) is 3.31. The lowest BCUT2D eigenvalue weighted by atomic mass is 10.2. The van der Waals surface area contributed by atoms with Crippen molar-refractivity contribution in [2.45, 2.75) is 13.2 Å². The van der Waals surface area contributed by atoms with Crippen LogP contribution in [0.4, 0.5) is 0 Å². The normalized spacial score (nSPS) is 9.95. The second-order valence-corrected chi connectivity index (χ2v) is 4.59. The van der Waals surface area contributed by atoms with Gasteiger partial charge in [0.2, 0.25) is 0 Å². The Bertz CT molecular complexity index is 488. The minimum atomic E-state index is 0. The molecule has 114 valence electrons. The quantitative estimate of drug-likeness (QED) is 0.697. The van der Waals surface area contributed by atoms with Crippen molar-refractivity contribution in [1.82, 2.24) is 5.32 Å². The van der Waals surface area contributed by atoms with E-state index in [1.807, 2.05) is 30.3 Å². The molecule has 0 fully saturated rings. The first kappa shape index (κ1) is 17.5. The highest BCUT2D eigenvalue weighted by Gasteiger charge is 1.97. The van der Waals surface area contributed by atoms with Gasteiger partial charge in [-0.25, -0.2) is 0 Å². The van der Waals surface area contributed by atoms with Crippen LogP contribution in [0.25, 0.3) is 0 Å². The molecule has 0 unspecified atom stereocenters. The Kier molecular flexibility index (Phi) is 8.51. The third kappa shape index (κ3) is 6.63. The van der Waals surface area contributed by atoms with E-state index in [4.69, 9.17) is 9.47 Å². The third-order valence-electron chi connectivity index (χ3n) is 2.98. The van der Waals surface area contributed by atoms with Crippen molar-refractivity contribution >= 4 is 0 Å². The summed E-state index contributed by atoms with van der Waals surface area (Å²) in [5.41, 5.74) is 2.42. The summed E-state index contributed by atoms with van der Waals surface area (Å²) < 4.78 is 10.7. The highest BCUT2D eigenvalue weighted by atomic mass is 35.5. The van der Waals surface area contributed by atoms with Gasteiger partial charge in [0.05, 0.1) is 6.61 Å². The number of hydrogen-bond donors (Lipinski definition) is 1. The average molecular weight is 307 g/mol. The first-order valence-corrected chi connectivity index (χ1v) is 6.84. The molecule has 0 saturated carbocycles. The van der Waals surface area contributed by atoms with E-state index in [0.717, 1.165) is 25.4 Å². The summed E-state index contributed by atoms with van der Waals surface area (Å²) in [7, 11) is 1.71. The van der Waals surface area contributed by atoms with Crippen molar-refractivity contribution in [3.8, 4) is 5.75 Å². The van der Waals surface area contributed by atoms with Gasteiger partial charge in [-0.1, -0.05) is 42.5 Å². The fourth-order valence-electron chi connectivity index (χ4n) is 1.85. The van der Waals surface area contributed by atoms with Gasteiger partial charge in [0.25, 0.3) is 0 Å². The van der Waals surface area contributed by atoms with Crippen LogP contribution in [-0.2, 0) is 17.9 Å². The number of methoxy groups -OCH3 is 1. The van der Waals surface area contributed by atoms with E-state index in [2.05, 4.69) is 29.6 Å². The average Bonchev–Trinajstić information content (AvgIpc) is 2.52. The fourth-order valence-corrected chi connectivity index (χ4v) is 1.85. The molecule has 0 aliphatic rings. The van der Waals surface area contributed by atoms with E-state index >= 15 is 0 Å². The van der Waals surface area contributed by atoms with Crippen molar-refractivity contribution in [1.29, 1.82) is 0 Å². The van der Waals surface area contributed by atoms with Gasteiger partial charge in [0.1, 0.15) is 12.4 Å². The van der Waals surface area contributed by atoms with E-state index in [0.29, 0.717) is 6.61 Å². The van der Waals surface area contributed by atoms with Crippen molar-refractivity contribution in [3.63, 3.8) is 0 Å². The van der Waals surface area contributed by atoms with E-state index in [1.54, 1.807) is 7.11 Å². The Hall–Kier alpha value is -1.55. The number of benzene rings is 2. The molecular weight excluding hydrogens is 286 g/mol. The van der Waals surface area contributed by atoms with Gasteiger partial charge in [0.15, 0.2) is 0 Å². The van der Waals surface area contributed by atoms with E-state index in [-0.39, 0.29) is 12.4 Å². The summed E-state index contributed by atoms with van der Waals surface area (Å²) >= 11 is 0. The molecule has 2 aromatic carbocycles. The molecule has 0 radical (unpaired) electrons. The van der Waals surface area contributed by atoms with Crippen molar-refractivity contribution in [2.75, 3.05) is 20.3 Å². The van der Waals surface area contributed by atoms with Crippen molar-refractivity contribution in [2.24, 2.45) is 0 Å². The molecule has 0 bridgehead atoms. The zero-order valence-electron chi connectivity index (χ0n) is 12.2. The van der Waals surface area contributed by atoms with Crippen LogP contribution in [0.5, 0.6) is 5.75 Å². The van der Waals surface area contributed by atoms with Crippen LogP contribution in [0.2, 0.25) is 0 Å². The lowest BCUT2D eigenvalue weighted by molar-refractivity contribution is -0.00000481. The fraction of sp³-hybridized carbons (Fsp3) is 0.294. The van der Waals surface area contributed by atoms with Crippen LogP contribution in [0.1, 0.15) is 11.1 Å². The molecule has 0 saturated heterocycles. The predicted octanol–water partition coefficient (Wildman–Crippen LogP) is 0.00560. The van der Waals surface area contributed by atoms with E-state index in [1.165, 1.54) is 11.1 Å². The van der Waals surface area contributed by atoms with Gasteiger partial charge in [-0.3, -0.25) is 0 Å². The molecule has 21 heavy (non-hydrogen) atoms. The number of halogens is 1. The maximum Gasteiger partial charge on any atom is 0.119 e. The first-order chi connectivity index (χ1) is 9.88. The lowest BCUT2D eigenvalue weighted by Crippen LogP contribution is -3.00. The lowest BCUT2D eigenvalue weighted by Gasteiger charge is -2.08. The van der Waals surface area contributed by atoms with Gasteiger partial charge in [-0.15, -0.1) is 0 Å². The van der Waals surface area contributed by atoms with Gasteiger partial charge >= 0.3 is 0 Å². The second kappa shape index (κ2) is 10.2. The topological polar surface area (TPSA) is 30.5 Å². The molecule has 0 spiro atoms. The van der Waals surface area contributed by atoms with Crippen LogP contribution in [-0.4, -0.2) is 20.3 Å². The molecule has 0 aromatic heterocycles. The summed E-state index contributed by atoms with van der Waals surface area (Å²) in [6.07, 6.45) is 0. The number of rotatable bonds is 8. The molecule has 0 aliphatic heterocycles. The highest BCUT2D eigenvalue weighted by molar-refractivity contribution is 5.27. The summed E-state index contributed by atoms with van der Waals surface area (Å²) in [6.45, 7) is 3.05. The molecule has 1 N–H and O–H groups in total. The van der Waals surface area contributed by atoms with Gasteiger partial charge in [-0.05, 0) is 23.3 Å². The predicted molar refractivity (Wildman–Crippen MR) is 80.8 cm³/mol. The minimum Gasteiger partial charge on any atom is -1.00 e. The Labute approximate surface area is 132 Å². The van der Waals surface area contributed by atoms with Crippen molar-refractivity contribution < 1.29 is 21.9 Å². The van der Waals surface area contributed by atoms with Crippen LogP contribution in [0.3, 0.4) is 0 Å². The number of nitrogens with one attached hydrogen (secondary N) is 1. The monoisotopic (exact) mass is 306 g/mol. The molecule has 0 amide bonds. The summed E-state index contributed by atoms with van der Waals surface area (Å²) in [5.74, 6) is 0.898. The molecular formula is C17H21ClNO2-. The standard InChI is InChI=1S/C17H21NO2.ClH/c1-19-12-11-18-13-15-7-9-17(10-8-15)20-14-16-5-3-2-4-6-16;/h2-10,18H,11-14H2,1H3;1H/p-1. The second-order valence-electron chi connectivity index (χ2n) is 4.59. The van der Waals surface area contributed by atoms with Crippen LogP contribution in [0, 0.1) is 0 Å². The first-order valence-electron chi connectivity index (χ1n) is 6.84. The maximum atomic E-state index is 5.75. The Morgan fingerprint density at radius 1 is 0.905 bits per heavy atom. The summed E-state index contributed by atoms with van der Waals surface area (Å²) in [6, 6.07) is 18.4. The van der Waals surface area contributed by atoms with Gasteiger partial charge < -0.3 is 27.2 Å². The zero-order valence-corrected chi connectivity index (χ0v) is 13.0. The zero-order chi connectivity index (χ0) is 14.0. The third-order valence-corrected chi connectivity index (χ3v) is 2.98. The Balaban J connectivity index is 0.00000220. The minimum absolute atomic E-state index is 0. The molecule has 0 aliphatic carbocycles. The number of ether oxygens (including phenoxy) is 2. The SMILES string of the molecule is COCCNCc1ccc(OCc2ccccc2)cc1.[Cl-]. The maximum absolute atomic E-state index is 5.75. The molecule has 4 heteroatoms. The molecule has 3 nitrogen and oxygen atoms in total. The smallest absolute Gasteiger partial charge is 0.119 e. The Morgan fingerprint density at radius 2 is 1.62 bits per heavy atom. The molecule has 2 rings (SSSR count). The van der Waals surface area contributed by atoms with Crippen LogP contribution < -0.4 is 22.5 Å². The van der Waals surface area contributed by atoms with E-state index < -0.39 is 0 Å². The number of hydrogen-bond acceptors (Lipinski definition) is 3. The Morgan fingerprint density at radius 3 is 2.29 bits per heavy atom. The molecule has 2 aromatic rings. The summed E-state index contributed by atoms with van der Waals surface area (Å²) in [4.78, 5) is 0. The van der Waals surface area contributed by atoms with Crippen LogP contribution >= 0.6 is 0 Å². The highest BCUT2D eigenvalue weighted by Crippen LogP contribution is 2.14. The van der Waals surface area contributed by atoms with E-state index in [9.17, 15) is 0 Å². The molecule has 0 atom stereocenters. The largest absolute Gasteiger partial charge is 1.00 e. The van der Waals surface area contributed by atoms with Crippen molar-refractivity contribution in [3.05, 3.63) is 65.7 Å². The van der Waals surface area contributed by atoms with Crippen LogP contribution in [0.15, 0.2) is 54.6 Å².